The number of benzene rings is 3. The highest BCUT2D eigenvalue weighted by molar-refractivity contribution is 6.03. The molecule has 0 spiro atoms. The lowest BCUT2D eigenvalue weighted by Gasteiger charge is -2.59. The van der Waals surface area contributed by atoms with E-state index in [-0.39, 0.29) is 88.4 Å². The highest BCUT2D eigenvalue weighted by Crippen LogP contribution is 2.62. The number of aldehydes is 1. The van der Waals surface area contributed by atoms with E-state index in [1.54, 1.807) is 36.4 Å². The Bertz CT molecular complexity index is 2160. The number of hydrogen-bond acceptors (Lipinski definition) is 15. The fourth-order valence-electron chi connectivity index (χ4n) is 9.36. The van der Waals surface area contributed by atoms with Crippen LogP contribution in [0.2, 0.25) is 0 Å². The molecule has 3 aliphatic rings. The van der Waals surface area contributed by atoms with E-state index >= 15 is 0 Å². The summed E-state index contributed by atoms with van der Waals surface area (Å²) < 4.78 is 37.7. The van der Waals surface area contributed by atoms with Gasteiger partial charge in [-0.2, -0.15) is 0 Å². The minimum Gasteiger partial charge on any atom is -0.496 e. The molecule has 1 heterocycles. The smallest absolute Gasteiger partial charge is 0.415 e. The Kier molecular flexibility index (Phi) is 17.5. The Morgan fingerprint density at radius 1 is 0.985 bits per heavy atom. The molecule has 1 amide bonds. The van der Waals surface area contributed by atoms with Crippen molar-refractivity contribution in [3.63, 3.8) is 0 Å². The molecular formula is C48H59N3O14. The van der Waals surface area contributed by atoms with Gasteiger partial charge in [0.25, 0.3) is 5.69 Å². The number of carbonyl (C=O) groups is 2. The summed E-state index contributed by atoms with van der Waals surface area (Å²) in [6.45, 7) is 5.83. The van der Waals surface area contributed by atoms with Crippen molar-refractivity contribution in [2.75, 3.05) is 59.9 Å². The summed E-state index contributed by atoms with van der Waals surface area (Å²) in [6, 6.07) is 14.7. The predicted molar refractivity (Wildman–Crippen MR) is 239 cm³/mol. The van der Waals surface area contributed by atoms with Crippen LogP contribution < -0.4 is 18.9 Å². The van der Waals surface area contributed by atoms with Crippen LogP contribution in [-0.4, -0.2) is 115 Å². The zero-order valence-corrected chi connectivity index (χ0v) is 36.9. The molecule has 0 radical (unpaired) electrons. The largest absolute Gasteiger partial charge is 0.496 e. The number of aliphatic hydroxyl groups is 3. The summed E-state index contributed by atoms with van der Waals surface area (Å²) in [5.41, 5.74) is 2.33. The number of fused-ring (bicyclic) bond motifs is 2. The molecule has 350 valence electrons. The molecule has 6 unspecified atom stereocenters. The summed E-state index contributed by atoms with van der Waals surface area (Å²) in [7, 11) is 1.48. The normalized spacial score (nSPS) is 22.4. The van der Waals surface area contributed by atoms with E-state index in [0.29, 0.717) is 66.2 Å². The third-order valence-electron chi connectivity index (χ3n) is 12.1. The average Bonchev–Trinajstić information content (AvgIpc) is 3.31. The number of rotatable bonds is 25. The number of methoxy groups -OCH3 is 1. The number of nitro benzene ring substituents is 1. The summed E-state index contributed by atoms with van der Waals surface area (Å²) in [5.74, 6) is -0.933. The molecule has 17 heteroatoms. The summed E-state index contributed by atoms with van der Waals surface area (Å²) >= 11 is 0. The molecule has 6 rings (SSSR count). The quantitative estimate of drug-likeness (QED) is 0.0249. The number of aliphatic hydroxyl groups excluding tert-OH is 3. The van der Waals surface area contributed by atoms with Crippen LogP contribution in [0.4, 0.5) is 10.5 Å². The van der Waals surface area contributed by atoms with E-state index in [0.717, 1.165) is 24.0 Å². The summed E-state index contributed by atoms with van der Waals surface area (Å²) in [4.78, 5) is 44.8. The Morgan fingerprint density at radius 2 is 1.71 bits per heavy atom. The van der Waals surface area contributed by atoms with Crippen LogP contribution in [0, 0.1) is 27.9 Å². The zero-order chi connectivity index (χ0) is 46.3. The maximum atomic E-state index is 14.7. The van der Waals surface area contributed by atoms with Crippen LogP contribution >= 0.6 is 0 Å². The molecule has 3 N–H and O–H groups in total. The number of carbonyl (C=O) groups excluding carboxylic acids is 2. The van der Waals surface area contributed by atoms with Crippen molar-refractivity contribution in [2.45, 2.75) is 69.6 Å². The van der Waals surface area contributed by atoms with Crippen LogP contribution in [0.1, 0.15) is 73.7 Å². The number of non-ortho nitro benzene ring substituents is 1. The number of nitro groups is 1. The molecular weight excluding hydrogens is 843 g/mol. The lowest BCUT2D eigenvalue weighted by molar-refractivity contribution is -0.384. The number of oxime groups is 1. The van der Waals surface area contributed by atoms with Gasteiger partial charge < -0.3 is 48.6 Å². The molecule has 1 saturated carbocycles. The Balaban J connectivity index is 1.56. The molecule has 2 aliphatic carbocycles. The Morgan fingerprint density at radius 3 is 2.38 bits per heavy atom. The number of unbranched alkanes of at least 4 members (excludes halogenated alkanes) is 2. The van der Waals surface area contributed by atoms with Crippen LogP contribution in [0.25, 0.3) is 0 Å². The van der Waals surface area contributed by atoms with Gasteiger partial charge in [0, 0.05) is 49.8 Å². The lowest BCUT2D eigenvalue weighted by atomic mass is 9.55. The highest BCUT2D eigenvalue weighted by atomic mass is 16.7. The van der Waals surface area contributed by atoms with Gasteiger partial charge in [0.15, 0.2) is 6.29 Å². The van der Waals surface area contributed by atoms with E-state index in [9.17, 15) is 35.0 Å². The van der Waals surface area contributed by atoms with Gasteiger partial charge in [-0.1, -0.05) is 30.1 Å². The Hall–Kier alpha value is -5.85. The third-order valence-corrected chi connectivity index (χ3v) is 12.1. The number of nitrogens with zero attached hydrogens (tertiary/aromatic N) is 3. The number of hydrogen-bond donors (Lipinski definition) is 3. The summed E-state index contributed by atoms with van der Waals surface area (Å²) in [6.07, 6.45) is 7.86. The van der Waals surface area contributed by atoms with Gasteiger partial charge in [-0.05, 0) is 98.5 Å². The maximum absolute atomic E-state index is 14.7. The van der Waals surface area contributed by atoms with E-state index in [1.165, 1.54) is 36.3 Å². The first-order valence-corrected chi connectivity index (χ1v) is 22.1. The third kappa shape index (κ3) is 11.2. The number of ether oxygens (including phenoxy) is 6. The summed E-state index contributed by atoms with van der Waals surface area (Å²) in [5, 5.41) is 45.5. The van der Waals surface area contributed by atoms with Crippen molar-refractivity contribution >= 4 is 23.8 Å². The van der Waals surface area contributed by atoms with Gasteiger partial charge in [-0.15, -0.1) is 6.58 Å². The highest BCUT2D eigenvalue weighted by Gasteiger charge is 2.65. The fourth-order valence-corrected chi connectivity index (χ4v) is 9.36. The SMILES string of the molecule is C=CCOC12Oc3ccc(Oc4ccc(OC)c(C=O)c4)cc3C3C(CCCCO)C(CCCCO)C=C(C(=NOCC)CC1N(CCOCCO)C(=O)Oc1ccc([N+](=O)[O-])cc1)C32. The number of allylic oxidation sites excluding steroid dienone is 1. The minimum atomic E-state index is -1.63. The van der Waals surface area contributed by atoms with Crippen LogP contribution in [0.15, 0.2) is 90.1 Å². The van der Waals surface area contributed by atoms with Crippen LogP contribution in [-0.2, 0) is 14.3 Å². The first-order chi connectivity index (χ1) is 31.7. The fraction of sp³-hybridized carbons (Fsp3) is 0.479. The molecule has 3 aromatic rings. The van der Waals surface area contributed by atoms with Crippen molar-refractivity contribution in [3.05, 3.63) is 106 Å². The van der Waals surface area contributed by atoms with E-state index in [1.807, 2.05) is 13.0 Å². The molecule has 0 bridgehead atoms. The van der Waals surface area contributed by atoms with Crippen molar-refractivity contribution in [2.24, 2.45) is 22.9 Å². The monoisotopic (exact) mass is 901 g/mol. The van der Waals surface area contributed by atoms with Gasteiger partial charge in [0.05, 0.1) is 55.7 Å². The van der Waals surface area contributed by atoms with Crippen molar-refractivity contribution < 1.29 is 63.1 Å². The van der Waals surface area contributed by atoms with Crippen molar-refractivity contribution in [1.82, 2.24) is 4.90 Å². The molecule has 1 fully saturated rings. The second kappa shape index (κ2) is 23.4. The van der Waals surface area contributed by atoms with Crippen LogP contribution in [0.3, 0.4) is 0 Å². The van der Waals surface area contributed by atoms with Gasteiger partial charge in [0.1, 0.15) is 41.4 Å². The van der Waals surface area contributed by atoms with Crippen LogP contribution in [0.5, 0.6) is 28.7 Å². The molecule has 17 nitrogen and oxygen atoms in total. The van der Waals surface area contributed by atoms with Crippen molar-refractivity contribution in [3.8, 4) is 28.7 Å². The van der Waals surface area contributed by atoms with Gasteiger partial charge in [0.2, 0.25) is 5.79 Å². The second-order valence-electron chi connectivity index (χ2n) is 16.0. The average molecular weight is 902 g/mol. The Labute approximate surface area is 378 Å². The first-order valence-electron chi connectivity index (χ1n) is 22.1. The number of amides is 1. The maximum Gasteiger partial charge on any atom is 0.415 e. The molecule has 65 heavy (non-hydrogen) atoms. The lowest BCUT2D eigenvalue weighted by Crippen LogP contribution is -2.70. The van der Waals surface area contributed by atoms with Gasteiger partial charge in [-0.25, -0.2) is 4.79 Å². The molecule has 1 aliphatic heterocycles. The molecule has 6 atom stereocenters. The second-order valence-corrected chi connectivity index (χ2v) is 16.0. The first kappa shape index (κ1) is 48.6. The van der Waals surface area contributed by atoms with E-state index < -0.39 is 28.8 Å². The van der Waals surface area contributed by atoms with Crippen molar-refractivity contribution in [1.29, 1.82) is 0 Å². The van der Waals surface area contributed by atoms with E-state index in [4.69, 9.17) is 38.4 Å². The van der Waals surface area contributed by atoms with Gasteiger partial charge >= 0.3 is 6.09 Å². The molecule has 3 aromatic carbocycles. The zero-order valence-electron chi connectivity index (χ0n) is 36.9. The topological polar surface area (TPSA) is 218 Å². The molecule has 0 aromatic heterocycles. The van der Waals surface area contributed by atoms with Gasteiger partial charge in [-0.3, -0.25) is 19.8 Å². The predicted octanol–water partition coefficient (Wildman–Crippen LogP) is 7.37. The minimum absolute atomic E-state index is 0.0101. The standard InChI is InChI=1S/C48H59N3O14/c1-4-24-61-48-44(50(20-25-60-26-23-54)47(56)64-35-14-12-34(13-15-35)51(57)58)30-41(49-62-5-2)39-28-32(10-6-8-21-52)38(11-7-9-22-53)45(46(39)48)40-29-37(17-19-43(40)65-48)63-36-16-18-42(59-3)33(27-36)31-55/h4,12-19,27-29,31-32,38,44-46,52-54H,1,5-11,20-26,30H2,2-3H3. The van der Waals surface area contributed by atoms with E-state index in [2.05, 4.69) is 12.7 Å². The molecule has 0 saturated heterocycles.